The Kier molecular flexibility index (Phi) is 7.93. The summed E-state index contributed by atoms with van der Waals surface area (Å²) in [4.78, 5) is 0. The Hall–Kier alpha value is -1.18. The fourth-order valence-corrected chi connectivity index (χ4v) is 4.98. The van der Waals surface area contributed by atoms with Crippen molar-refractivity contribution in [2.45, 2.75) is 123 Å². The minimum absolute atomic E-state index is 0.0414. The highest BCUT2D eigenvalue weighted by atomic mass is 16.3. The number of benzene rings is 1. The van der Waals surface area contributed by atoms with Crippen molar-refractivity contribution in [3.63, 3.8) is 0 Å². The van der Waals surface area contributed by atoms with Crippen LogP contribution in [0.1, 0.15) is 121 Å². The Morgan fingerprint density at radius 2 is 1.38 bits per heavy atom. The number of hydrogen-bond acceptors (Lipinski definition) is 2. The lowest BCUT2D eigenvalue weighted by atomic mass is 9.93. The van der Waals surface area contributed by atoms with Crippen LogP contribution in [0.2, 0.25) is 0 Å². The summed E-state index contributed by atoms with van der Waals surface area (Å²) in [5, 5.41) is 20.4. The lowest BCUT2D eigenvalue weighted by Crippen LogP contribution is -1.99. The van der Waals surface area contributed by atoms with Crippen molar-refractivity contribution in [3.05, 3.63) is 23.3 Å². The first-order valence-electron chi connectivity index (χ1n) is 12.5. The maximum atomic E-state index is 10.4. The number of phenols is 2. The third-order valence-electron chi connectivity index (χ3n) is 8.03. The van der Waals surface area contributed by atoms with E-state index in [-0.39, 0.29) is 11.5 Å². The number of phenolic OH excluding ortho intramolecular Hbond substituents is 2. The number of unbranched alkanes of at least 4 members (excludes halogenated alkanes) is 6. The van der Waals surface area contributed by atoms with Gasteiger partial charge >= 0.3 is 0 Å². The summed E-state index contributed by atoms with van der Waals surface area (Å²) in [7, 11) is 0. The lowest BCUT2D eigenvalue weighted by molar-refractivity contribution is 0.397. The standard InChI is InChI=1S/C27H44O2/c1-3-27(20-21-27)17-11-7-4-8-12-22-14-15-24(28)25(29)23(22)13-9-5-6-10-16-26(2)18-19-26/h14-15,28-29H,3-13,16-21H2,1-2H3. The van der Waals surface area contributed by atoms with Crippen molar-refractivity contribution < 1.29 is 10.2 Å². The van der Waals surface area contributed by atoms with Gasteiger partial charge in [-0.15, -0.1) is 0 Å². The summed E-state index contributed by atoms with van der Waals surface area (Å²) in [6.07, 6.45) is 22.0. The van der Waals surface area contributed by atoms with Gasteiger partial charge in [0.05, 0.1) is 0 Å². The van der Waals surface area contributed by atoms with E-state index in [1.165, 1.54) is 95.5 Å². The van der Waals surface area contributed by atoms with E-state index in [9.17, 15) is 10.2 Å². The molecule has 2 aliphatic carbocycles. The molecular formula is C27H44O2. The van der Waals surface area contributed by atoms with E-state index in [2.05, 4.69) is 13.8 Å². The average Bonchev–Trinajstić information content (AvgIpc) is 3.64. The molecule has 0 atom stereocenters. The Morgan fingerprint density at radius 1 is 0.759 bits per heavy atom. The first-order chi connectivity index (χ1) is 14.0. The van der Waals surface area contributed by atoms with Crippen LogP contribution in [-0.4, -0.2) is 10.2 Å². The van der Waals surface area contributed by atoms with Gasteiger partial charge in [0.15, 0.2) is 11.5 Å². The third kappa shape index (κ3) is 6.93. The van der Waals surface area contributed by atoms with Crippen LogP contribution in [0.25, 0.3) is 0 Å². The van der Waals surface area contributed by atoms with Gasteiger partial charge in [-0.1, -0.05) is 64.9 Å². The Bertz CT molecular complexity index is 640. The van der Waals surface area contributed by atoms with Crippen LogP contribution in [-0.2, 0) is 12.8 Å². The van der Waals surface area contributed by atoms with Gasteiger partial charge in [-0.3, -0.25) is 0 Å². The largest absolute Gasteiger partial charge is 0.504 e. The molecule has 29 heavy (non-hydrogen) atoms. The predicted molar refractivity (Wildman–Crippen MR) is 123 cm³/mol. The Balaban J connectivity index is 1.35. The molecule has 0 unspecified atom stereocenters. The first-order valence-corrected chi connectivity index (χ1v) is 12.5. The molecule has 164 valence electrons. The molecule has 1 aromatic carbocycles. The molecule has 2 nitrogen and oxygen atoms in total. The molecule has 0 bridgehead atoms. The monoisotopic (exact) mass is 400 g/mol. The Morgan fingerprint density at radius 3 is 2.00 bits per heavy atom. The molecule has 0 heterocycles. The van der Waals surface area contributed by atoms with Gasteiger partial charge in [0.2, 0.25) is 0 Å². The predicted octanol–water partition coefficient (Wildman–Crippen LogP) is 8.07. The highest BCUT2D eigenvalue weighted by Crippen LogP contribution is 2.52. The normalized spacial score (nSPS) is 18.7. The van der Waals surface area contributed by atoms with E-state index in [1.54, 1.807) is 6.07 Å². The zero-order valence-corrected chi connectivity index (χ0v) is 19.1. The quantitative estimate of drug-likeness (QED) is 0.231. The first kappa shape index (κ1) is 22.5. The van der Waals surface area contributed by atoms with Crippen LogP contribution in [0.4, 0.5) is 0 Å². The van der Waals surface area contributed by atoms with E-state index < -0.39 is 0 Å². The minimum Gasteiger partial charge on any atom is -0.504 e. The molecule has 2 saturated carbocycles. The number of rotatable bonds is 15. The minimum atomic E-state index is 0.0414. The molecule has 2 aliphatic rings. The number of aryl methyl sites for hydroxylation is 1. The van der Waals surface area contributed by atoms with Crippen LogP contribution < -0.4 is 0 Å². The Labute approximate surface area is 179 Å². The summed E-state index contributed by atoms with van der Waals surface area (Å²) >= 11 is 0. The van der Waals surface area contributed by atoms with E-state index in [0.29, 0.717) is 5.41 Å². The second-order valence-corrected chi connectivity index (χ2v) is 10.6. The van der Waals surface area contributed by atoms with E-state index in [4.69, 9.17) is 0 Å². The molecular weight excluding hydrogens is 356 g/mol. The molecule has 0 aliphatic heterocycles. The van der Waals surface area contributed by atoms with E-state index in [1.807, 2.05) is 6.07 Å². The maximum Gasteiger partial charge on any atom is 0.160 e. The van der Waals surface area contributed by atoms with Crippen LogP contribution in [0, 0.1) is 10.8 Å². The molecule has 2 heteroatoms. The second kappa shape index (κ2) is 10.2. The highest BCUT2D eigenvalue weighted by Gasteiger charge is 2.39. The highest BCUT2D eigenvalue weighted by molar-refractivity contribution is 5.49. The van der Waals surface area contributed by atoms with E-state index >= 15 is 0 Å². The van der Waals surface area contributed by atoms with Gasteiger partial charge in [0.1, 0.15) is 0 Å². The molecule has 0 aromatic heterocycles. The molecule has 2 N–H and O–H groups in total. The average molecular weight is 401 g/mol. The SMILES string of the molecule is CCC1(CCCCCCc2ccc(O)c(O)c2CCCCCCC2(C)CC2)CC1. The van der Waals surface area contributed by atoms with Crippen molar-refractivity contribution in [3.8, 4) is 11.5 Å². The van der Waals surface area contributed by atoms with Crippen LogP contribution in [0.3, 0.4) is 0 Å². The lowest BCUT2D eigenvalue weighted by Gasteiger charge is -2.14. The molecule has 0 amide bonds. The maximum absolute atomic E-state index is 10.4. The van der Waals surface area contributed by atoms with Gasteiger partial charge < -0.3 is 10.2 Å². The summed E-state index contributed by atoms with van der Waals surface area (Å²) in [5.41, 5.74) is 3.65. The van der Waals surface area contributed by atoms with E-state index in [0.717, 1.165) is 30.2 Å². The molecule has 3 rings (SSSR count). The topological polar surface area (TPSA) is 40.5 Å². The van der Waals surface area contributed by atoms with Crippen molar-refractivity contribution >= 4 is 0 Å². The van der Waals surface area contributed by atoms with Gasteiger partial charge in [-0.25, -0.2) is 0 Å². The van der Waals surface area contributed by atoms with Gasteiger partial charge in [-0.2, -0.15) is 0 Å². The van der Waals surface area contributed by atoms with Crippen molar-refractivity contribution in [2.75, 3.05) is 0 Å². The van der Waals surface area contributed by atoms with Crippen molar-refractivity contribution in [1.29, 1.82) is 0 Å². The van der Waals surface area contributed by atoms with Crippen molar-refractivity contribution in [1.82, 2.24) is 0 Å². The molecule has 0 radical (unpaired) electrons. The summed E-state index contributed by atoms with van der Waals surface area (Å²) in [6, 6.07) is 3.71. The summed E-state index contributed by atoms with van der Waals surface area (Å²) < 4.78 is 0. The second-order valence-electron chi connectivity index (χ2n) is 10.6. The van der Waals surface area contributed by atoms with Crippen molar-refractivity contribution in [2.24, 2.45) is 10.8 Å². The zero-order chi connectivity index (χ0) is 20.7. The van der Waals surface area contributed by atoms with Crippen LogP contribution in [0.5, 0.6) is 11.5 Å². The van der Waals surface area contributed by atoms with Gasteiger partial charge in [0, 0.05) is 5.56 Å². The number of aromatic hydroxyl groups is 2. The van der Waals surface area contributed by atoms with Gasteiger partial charge in [-0.05, 0) is 86.7 Å². The summed E-state index contributed by atoms with van der Waals surface area (Å²) in [6.45, 7) is 4.76. The zero-order valence-electron chi connectivity index (χ0n) is 19.1. The molecule has 2 fully saturated rings. The molecule has 1 aromatic rings. The van der Waals surface area contributed by atoms with Crippen LogP contribution in [0.15, 0.2) is 12.1 Å². The number of hydrogen-bond donors (Lipinski definition) is 2. The fraction of sp³-hybridized carbons (Fsp3) is 0.778. The third-order valence-corrected chi connectivity index (χ3v) is 8.03. The van der Waals surface area contributed by atoms with Crippen LogP contribution >= 0.6 is 0 Å². The smallest absolute Gasteiger partial charge is 0.160 e. The fourth-order valence-electron chi connectivity index (χ4n) is 4.98. The molecule has 0 saturated heterocycles. The van der Waals surface area contributed by atoms with Gasteiger partial charge in [0.25, 0.3) is 0 Å². The summed E-state index contributed by atoms with van der Waals surface area (Å²) in [5.74, 6) is 0.173. The molecule has 0 spiro atoms.